The number of carbonyl (C=O) groups excluding carboxylic acids is 2. The van der Waals surface area contributed by atoms with Crippen LogP contribution in [0.25, 0.3) is 5.76 Å². The summed E-state index contributed by atoms with van der Waals surface area (Å²) in [7, 11) is 0. The molecule has 6 heteroatoms. The molecule has 0 saturated carbocycles. The Labute approximate surface area is 176 Å². The molecular weight excluding hydrogens is 434 g/mol. The molecule has 1 fully saturated rings. The van der Waals surface area contributed by atoms with Gasteiger partial charge in [0, 0.05) is 15.7 Å². The molecule has 4 rings (SSSR count). The number of Topliss-reactive ketones (excluding diaryl/α,β-unsaturated/α-hetero) is 1. The average molecular weight is 452 g/mol. The Balaban J connectivity index is 1.94. The fraction of sp³-hybridized carbons (Fsp3) is 0.130. The first kappa shape index (κ1) is 19.2. The van der Waals surface area contributed by atoms with E-state index in [0.29, 0.717) is 22.8 Å². The molecule has 1 amide bonds. The number of halogens is 1. The zero-order valence-corrected chi connectivity index (χ0v) is 17.4. The number of aliphatic hydroxyl groups is 1. The lowest BCUT2D eigenvalue weighted by atomic mass is 9.98. The van der Waals surface area contributed by atoms with Gasteiger partial charge in [0.25, 0.3) is 11.7 Å². The van der Waals surface area contributed by atoms with Crippen molar-refractivity contribution in [2.24, 2.45) is 0 Å². The molecule has 5 nitrogen and oxygen atoms in total. The van der Waals surface area contributed by atoms with E-state index in [1.165, 1.54) is 4.90 Å². The van der Waals surface area contributed by atoms with Gasteiger partial charge in [-0.1, -0.05) is 40.2 Å². The Hall–Kier alpha value is -3.12. The van der Waals surface area contributed by atoms with Crippen LogP contribution < -0.4 is 4.90 Å². The highest BCUT2D eigenvalue weighted by molar-refractivity contribution is 9.10. The summed E-state index contributed by atoms with van der Waals surface area (Å²) in [6, 6.07) is 16.8. The van der Waals surface area contributed by atoms with Gasteiger partial charge >= 0.3 is 0 Å². The number of hydrogen-bond donors (Lipinski definition) is 1. The monoisotopic (exact) mass is 451 g/mol. The van der Waals surface area contributed by atoms with E-state index in [4.69, 9.17) is 4.42 Å². The number of furan rings is 1. The molecule has 0 spiro atoms. The predicted octanol–water partition coefficient (Wildman–Crippen LogP) is 5.29. The Morgan fingerprint density at radius 2 is 1.76 bits per heavy atom. The average Bonchev–Trinajstić information content (AvgIpc) is 3.25. The number of aliphatic hydroxyl groups excluding tert-OH is 1. The number of carbonyl (C=O) groups is 2. The number of rotatable bonds is 3. The van der Waals surface area contributed by atoms with E-state index in [1.807, 2.05) is 13.0 Å². The van der Waals surface area contributed by atoms with Gasteiger partial charge in [-0.25, -0.2) is 0 Å². The molecule has 1 aliphatic rings. The van der Waals surface area contributed by atoms with Crippen LogP contribution in [0.4, 0.5) is 5.69 Å². The molecule has 0 aliphatic carbocycles. The number of hydrogen-bond acceptors (Lipinski definition) is 4. The first-order valence-corrected chi connectivity index (χ1v) is 9.86. The van der Waals surface area contributed by atoms with Crippen LogP contribution in [-0.2, 0) is 9.59 Å². The Bertz CT molecular complexity index is 1150. The van der Waals surface area contributed by atoms with Crippen LogP contribution in [-0.4, -0.2) is 16.8 Å². The predicted molar refractivity (Wildman–Crippen MR) is 114 cm³/mol. The second-order valence-corrected chi connectivity index (χ2v) is 7.77. The van der Waals surface area contributed by atoms with E-state index in [-0.39, 0.29) is 11.3 Å². The fourth-order valence-corrected chi connectivity index (χ4v) is 3.75. The molecular formula is C23H18BrNO4. The third-order valence-corrected chi connectivity index (χ3v) is 5.83. The maximum atomic E-state index is 13.0. The number of amides is 1. The van der Waals surface area contributed by atoms with Crippen LogP contribution in [0.5, 0.6) is 0 Å². The largest absolute Gasteiger partial charge is 0.507 e. The summed E-state index contributed by atoms with van der Waals surface area (Å²) in [5.41, 5.74) is 1.93. The zero-order chi connectivity index (χ0) is 20.7. The number of benzene rings is 2. The van der Waals surface area contributed by atoms with Gasteiger partial charge in [-0.15, -0.1) is 0 Å². The minimum atomic E-state index is -0.852. The lowest BCUT2D eigenvalue weighted by Gasteiger charge is -2.23. The maximum absolute atomic E-state index is 13.0. The second kappa shape index (κ2) is 7.37. The van der Waals surface area contributed by atoms with Gasteiger partial charge in [-0.3, -0.25) is 14.5 Å². The highest BCUT2D eigenvalue weighted by Gasteiger charge is 2.48. The van der Waals surface area contributed by atoms with Crippen molar-refractivity contribution in [3.8, 4) is 0 Å². The third-order valence-electron chi connectivity index (χ3n) is 4.94. The van der Waals surface area contributed by atoms with Gasteiger partial charge in [0.05, 0.1) is 5.57 Å². The maximum Gasteiger partial charge on any atom is 0.300 e. The third kappa shape index (κ3) is 3.29. The van der Waals surface area contributed by atoms with Crippen LogP contribution in [0.2, 0.25) is 0 Å². The van der Waals surface area contributed by atoms with E-state index in [1.54, 1.807) is 61.5 Å². The molecule has 2 heterocycles. The molecule has 1 saturated heterocycles. The SMILES string of the molecule is Cc1ccc(C2/C(=C(/O)c3ccc(Br)c(C)c3)C(=O)C(=O)N2c2ccccc2)o1. The lowest BCUT2D eigenvalue weighted by molar-refractivity contribution is -0.132. The zero-order valence-electron chi connectivity index (χ0n) is 15.8. The normalized spacial score (nSPS) is 18.4. The number of para-hydroxylation sites is 1. The molecule has 146 valence electrons. The summed E-state index contributed by atoms with van der Waals surface area (Å²) >= 11 is 3.43. The van der Waals surface area contributed by atoms with Crippen molar-refractivity contribution in [3.05, 3.63) is 93.4 Å². The number of ketones is 1. The van der Waals surface area contributed by atoms with E-state index in [2.05, 4.69) is 15.9 Å². The fourth-order valence-electron chi connectivity index (χ4n) is 3.50. The minimum absolute atomic E-state index is 0.00919. The Kier molecular flexibility index (Phi) is 4.88. The molecule has 0 bridgehead atoms. The van der Waals surface area contributed by atoms with Crippen molar-refractivity contribution in [1.82, 2.24) is 0 Å². The van der Waals surface area contributed by atoms with Gasteiger partial charge in [0.15, 0.2) is 0 Å². The van der Waals surface area contributed by atoms with Crippen molar-refractivity contribution >= 4 is 39.1 Å². The first-order chi connectivity index (χ1) is 13.9. The molecule has 1 N–H and O–H groups in total. The van der Waals surface area contributed by atoms with Gasteiger partial charge in [0.1, 0.15) is 23.3 Å². The van der Waals surface area contributed by atoms with E-state index < -0.39 is 17.7 Å². The summed E-state index contributed by atoms with van der Waals surface area (Å²) in [5, 5.41) is 11.0. The van der Waals surface area contributed by atoms with Crippen molar-refractivity contribution in [2.45, 2.75) is 19.9 Å². The molecule has 1 aromatic heterocycles. The molecule has 1 atom stereocenters. The summed E-state index contributed by atoms with van der Waals surface area (Å²) in [6.45, 7) is 3.67. The van der Waals surface area contributed by atoms with Crippen molar-refractivity contribution in [1.29, 1.82) is 0 Å². The summed E-state index contributed by atoms with van der Waals surface area (Å²) < 4.78 is 6.66. The number of nitrogens with zero attached hydrogens (tertiary/aromatic N) is 1. The smallest absolute Gasteiger partial charge is 0.300 e. The summed E-state index contributed by atoms with van der Waals surface area (Å²) in [5.74, 6) is -0.605. The number of anilines is 1. The highest BCUT2D eigenvalue weighted by Crippen LogP contribution is 2.42. The minimum Gasteiger partial charge on any atom is -0.507 e. The van der Waals surface area contributed by atoms with Crippen LogP contribution in [0, 0.1) is 13.8 Å². The quantitative estimate of drug-likeness (QED) is 0.333. The van der Waals surface area contributed by atoms with Crippen molar-refractivity contribution in [3.63, 3.8) is 0 Å². The second-order valence-electron chi connectivity index (χ2n) is 6.92. The Morgan fingerprint density at radius 1 is 1.03 bits per heavy atom. The summed E-state index contributed by atoms with van der Waals surface area (Å²) in [4.78, 5) is 27.3. The topological polar surface area (TPSA) is 70.8 Å². The van der Waals surface area contributed by atoms with Gasteiger partial charge in [-0.2, -0.15) is 0 Å². The van der Waals surface area contributed by atoms with Crippen molar-refractivity contribution < 1.29 is 19.1 Å². The molecule has 29 heavy (non-hydrogen) atoms. The van der Waals surface area contributed by atoms with Crippen LogP contribution in [0.3, 0.4) is 0 Å². The lowest BCUT2D eigenvalue weighted by Crippen LogP contribution is -2.29. The van der Waals surface area contributed by atoms with Crippen molar-refractivity contribution in [2.75, 3.05) is 4.90 Å². The molecule has 1 unspecified atom stereocenters. The van der Waals surface area contributed by atoms with Crippen LogP contribution in [0.1, 0.15) is 28.7 Å². The molecule has 1 aliphatic heterocycles. The van der Waals surface area contributed by atoms with Gasteiger partial charge in [-0.05, 0) is 55.8 Å². The summed E-state index contributed by atoms with van der Waals surface area (Å²) in [6.07, 6.45) is 0. The van der Waals surface area contributed by atoms with E-state index in [9.17, 15) is 14.7 Å². The molecule has 2 aromatic carbocycles. The number of aryl methyl sites for hydroxylation is 2. The van der Waals surface area contributed by atoms with Gasteiger partial charge in [0.2, 0.25) is 0 Å². The van der Waals surface area contributed by atoms with Crippen LogP contribution >= 0.6 is 15.9 Å². The molecule has 3 aromatic rings. The Morgan fingerprint density at radius 3 is 2.38 bits per heavy atom. The molecule has 0 radical (unpaired) electrons. The standard InChI is InChI=1S/C23H18BrNO4/c1-13-12-15(9-10-17(13)24)21(26)19-20(18-11-8-14(2)29-18)25(23(28)22(19)27)16-6-4-3-5-7-16/h3-12,20,26H,1-2H3/b21-19-. The van der Waals surface area contributed by atoms with E-state index >= 15 is 0 Å². The van der Waals surface area contributed by atoms with E-state index in [0.717, 1.165) is 10.0 Å². The van der Waals surface area contributed by atoms with Crippen LogP contribution in [0.15, 0.2) is 75.1 Å². The highest BCUT2D eigenvalue weighted by atomic mass is 79.9. The van der Waals surface area contributed by atoms with Gasteiger partial charge < -0.3 is 9.52 Å². The first-order valence-electron chi connectivity index (χ1n) is 9.07.